The molecule has 0 aromatic rings. The summed E-state index contributed by atoms with van der Waals surface area (Å²) in [6.07, 6.45) is 0.767. The molecule has 0 spiro atoms. The Hall–Kier alpha value is -0.420. The number of sulfone groups is 1. The molecule has 0 radical (unpaired) electrons. The average Bonchev–Trinajstić information content (AvgIpc) is 2.13. The first-order valence-electron chi connectivity index (χ1n) is 5.63. The van der Waals surface area contributed by atoms with E-state index in [4.69, 9.17) is 0 Å². The summed E-state index contributed by atoms with van der Waals surface area (Å²) in [6, 6.07) is 0. The van der Waals surface area contributed by atoms with Crippen LogP contribution in [0.2, 0.25) is 0 Å². The van der Waals surface area contributed by atoms with E-state index >= 15 is 0 Å². The summed E-state index contributed by atoms with van der Waals surface area (Å²) in [5.41, 5.74) is -0.0782. The molecule has 0 unspecified atom stereocenters. The fraction of sp³-hybridized carbons (Fsp3) is 0.909. The van der Waals surface area contributed by atoms with E-state index in [2.05, 4.69) is 5.32 Å². The Kier molecular flexibility index (Phi) is 6.18. The zero-order valence-electron chi connectivity index (χ0n) is 10.7. The van der Waals surface area contributed by atoms with Gasteiger partial charge in [0.15, 0.2) is 0 Å². The molecule has 0 heterocycles. The number of hydrogen-bond donors (Lipinski definition) is 1. The monoisotopic (exact) mass is 249 g/mol. The third kappa shape index (κ3) is 8.85. The van der Waals surface area contributed by atoms with Crippen LogP contribution in [0.15, 0.2) is 0 Å². The Labute approximate surface area is 98.7 Å². The molecule has 0 saturated carbocycles. The Morgan fingerprint density at radius 3 is 2.25 bits per heavy atom. The Balaban J connectivity index is 3.76. The second-order valence-electron chi connectivity index (χ2n) is 4.98. The van der Waals surface area contributed by atoms with Crippen molar-refractivity contribution < 1.29 is 13.2 Å². The summed E-state index contributed by atoms with van der Waals surface area (Å²) >= 11 is 0. The van der Waals surface area contributed by atoms with Crippen LogP contribution in [-0.4, -0.2) is 37.8 Å². The lowest BCUT2D eigenvalue weighted by Crippen LogP contribution is -2.39. The molecule has 0 amide bonds. The van der Waals surface area contributed by atoms with E-state index in [-0.39, 0.29) is 22.8 Å². The quantitative estimate of drug-likeness (QED) is 0.735. The summed E-state index contributed by atoms with van der Waals surface area (Å²) in [4.78, 5) is 11.4. The van der Waals surface area contributed by atoms with Crippen LogP contribution in [0, 0.1) is 0 Å². The van der Waals surface area contributed by atoms with Crippen molar-refractivity contribution >= 4 is 15.6 Å². The van der Waals surface area contributed by atoms with Crippen molar-refractivity contribution in [2.75, 3.05) is 18.1 Å². The van der Waals surface area contributed by atoms with Gasteiger partial charge in [-0.15, -0.1) is 0 Å². The number of ketones is 1. The van der Waals surface area contributed by atoms with Gasteiger partial charge in [-0.05, 0) is 27.2 Å². The van der Waals surface area contributed by atoms with E-state index in [1.165, 1.54) is 0 Å². The lowest BCUT2D eigenvalue weighted by Gasteiger charge is -2.19. The predicted octanol–water partition coefficient (Wildman–Crippen LogP) is 1.16. The van der Waals surface area contributed by atoms with Crippen molar-refractivity contribution in [1.29, 1.82) is 0 Å². The predicted molar refractivity (Wildman–Crippen MR) is 66.3 cm³/mol. The summed E-state index contributed by atoms with van der Waals surface area (Å²) in [6.45, 7) is 7.90. The second kappa shape index (κ2) is 6.35. The van der Waals surface area contributed by atoms with Gasteiger partial charge in [0, 0.05) is 17.7 Å². The van der Waals surface area contributed by atoms with Gasteiger partial charge >= 0.3 is 0 Å². The molecule has 0 fully saturated rings. The maximum absolute atomic E-state index is 11.4. The third-order valence-corrected chi connectivity index (χ3v) is 3.96. The SMILES string of the molecule is CCS(=O)(=O)CCCC(=O)CNC(C)(C)C. The van der Waals surface area contributed by atoms with Gasteiger partial charge in [0.25, 0.3) is 0 Å². The zero-order chi connectivity index (χ0) is 12.8. The van der Waals surface area contributed by atoms with Gasteiger partial charge in [-0.3, -0.25) is 4.79 Å². The van der Waals surface area contributed by atoms with Crippen LogP contribution in [0.5, 0.6) is 0 Å². The molecule has 16 heavy (non-hydrogen) atoms. The van der Waals surface area contributed by atoms with Crippen molar-refractivity contribution in [3.8, 4) is 0 Å². The number of carbonyl (C=O) groups excluding carboxylic acids is 1. The lowest BCUT2D eigenvalue weighted by atomic mass is 10.1. The van der Waals surface area contributed by atoms with E-state index in [1.54, 1.807) is 6.92 Å². The number of hydrogen-bond acceptors (Lipinski definition) is 4. The largest absolute Gasteiger partial charge is 0.305 e. The lowest BCUT2D eigenvalue weighted by molar-refractivity contribution is -0.118. The first kappa shape index (κ1) is 15.6. The van der Waals surface area contributed by atoms with Gasteiger partial charge in [-0.25, -0.2) is 8.42 Å². The molecule has 0 rings (SSSR count). The average molecular weight is 249 g/mol. The zero-order valence-corrected chi connectivity index (χ0v) is 11.5. The molecule has 0 aromatic heterocycles. The summed E-state index contributed by atoms with van der Waals surface area (Å²) in [7, 11) is -2.93. The smallest absolute Gasteiger partial charge is 0.150 e. The van der Waals surface area contributed by atoms with Gasteiger partial charge in [0.05, 0.1) is 12.3 Å². The van der Waals surface area contributed by atoms with E-state index in [9.17, 15) is 13.2 Å². The van der Waals surface area contributed by atoms with Gasteiger partial charge < -0.3 is 5.32 Å². The first-order valence-corrected chi connectivity index (χ1v) is 7.45. The minimum atomic E-state index is -2.93. The number of carbonyl (C=O) groups is 1. The Morgan fingerprint density at radius 2 is 1.81 bits per heavy atom. The molecule has 96 valence electrons. The Bertz CT molecular complexity index is 315. The van der Waals surface area contributed by atoms with Crippen molar-refractivity contribution in [2.24, 2.45) is 0 Å². The minimum Gasteiger partial charge on any atom is -0.305 e. The van der Waals surface area contributed by atoms with Gasteiger partial charge in [-0.1, -0.05) is 6.92 Å². The van der Waals surface area contributed by atoms with Crippen molar-refractivity contribution in [3.63, 3.8) is 0 Å². The molecule has 0 aromatic carbocycles. The molecule has 0 atom stereocenters. The summed E-state index contributed by atoms with van der Waals surface area (Å²) in [5, 5.41) is 3.08. The van der Waals surface area contributed by atoms with Crippen LogP contribution in [-0.2, 0) is 14.6 Å². The highest BCUT2D eigenvalue weighted by Gasteiger charge is 2.12. The van der Waals surface area contributed by atoms with Crippen molar-refractivity contribution in [1.82, 2.24) is 5.32 Å². The standard InChI is InChI=1S/C11H23NO3S/c1-5-16(14,15)8-6-7-10(13)9-12-11(2,3)4/h12H,5-9H2,1-4H3. The molecule has 0 bridgehead atoms. The molecule has 5 heteroatoms. The molecule has 0 aliphatic heterocycles. The fourth-order valence-electron chi connectivity index (χ4n) is 1.09. The number of rotatable bonds is 7. The fourth-order valence-corrected chi connectivity index (χ4v) is 1.96. The molecule has 0 aliphatic rings. The van der Waals surface area contributed by atoms with Gasteiger partial charge in [0.1, 0.15) is 15.6 Å². The van der Waals surface area contributed by atoms with Crippen LogP contribution in [0.25, 0.3) is 0 Å². The van der Waals surface area contributed by atoms with Crippen LogP contribution in [0.4, 0.5) is 0 Å². The molecule has 4 nitrogen and oxygen atoms in total. The normalized spacial score (nSPS) is 12.8. The van der Waals surface area contributed by atoms with Crippen LogP contribution < -0.4 is 5.32 Å². The highest BCUT2D eigenvalue weighted by atomic mass is 32.2. The van der Waals surface area contributed by atoms with Crippen LogP contribution in [0.3, 0.4) is 0 Å². The van der Waals surface area contributed by atoms with Crippen molar-refractivity contribution in [3.05, 3.63) is 0 Å². The Morgan fingerprint density at radius 1 is 1.25 bits per heavy atom. The van der Waals surface area contributed by atoms with Crippen molar-refractivity contribution in [2.45, 2.75) is 46.1 Å². The molecule has 0 aliphatic carbocycles. The highest BCUT2D eigenvalue weighted by molar-refractivity contribution is 7.91. The van der Waals surface area contributed by atoms with E-state index < -0.39 is 9.84 Å². The molecular formula is C11H23NO3S. The van der Waals surface area contributed by atoms with E-state index in [1.807, 2.05) is 20.8 Å². The molecule has 1 N–H and O–H groups in total. The topological polar surface area (TPSA) is 63.2 Å². The molecule has 0 saturated heterocycles. The number of Topliss-reactive ketones (excluding diaryl/α,β-unsaturated/α-hetero) is 1. The van der Waals surface area contributed by atoms with Crippen LogP contribution in [0.1, 0.15) is 40.5 Å². The van der Waals surface area contributed by atoms with E-state index in [0.29, 0.717) is 19.4 Å². The third-order valence-electron chi connectivity index (χ3n) is 2.17. The molecular weight excluding hydrogens is 226 g/mol. The minimum absolute atomic E-state index is 0.0706. The van der Waals surface area contributed by atoms with Gasteiger partial charge in [0.2, 0.25) is 0 Å². The maximum atomic E-state index is 11.4. The highest BCUT2D eigenvalue weighted by Crippen LogP contribution is 2.01. The second-order valence-corrected chi connectivity index (χ2v) is 7.45. The maximum Gasteiger partial charge on any atom is 0.150 e. The summed E-state index contributed by atoms with van der Waals surface area (Å²) in [5.74, 6) is 0.341. The first-order chi connectivity index (χ1) is 7.16. The summed E-state index contributed by atoms with van der Waals surface area (Å²) < 4.78 is 22.3. The van der Waals surface area contributed by atoms with Gasteiger partial charge in [-0.2, -0.15) is 0 Å². The van der Waals surface area contributed by atoms with Crippen LogP contribution >= 0.6 is 0 Å². The van der Waals surface area contributed by atoms with E-state index in [0.717, 1.165) is 0 Å². The number of nitrogens with one attached hydrogen (secondary N) is 1.